The fraction of sp³-hybridized carbons (Fsp3) is 0.357. The summed E-state index contributed by atoms with van der Waals surface area (Å²) in [5, 5.41) is 2.80. The van der Waals surface area contributed by atoms with E-state index in [0.717, 1.165) is 23.2 Å². The van der Waals surface area contributed by atoms with Crippen molar-refractivity contribution in [1.82, 2.24) is 14.9 Å². The highest BCUT2D eigenvalue weighted by molar-refractivity contribution is 5.75. The minimum absolute atomic E-state index is 0.0407. The van der Waals surface area contributed by atoms with Crippen LogP contribution in [0.4, 0.5) is 0 Å². The van der Waals surface area contributed by atoms with Crippen molar-refractivity contribution in [3.63, 3.8) is 0 Å². The SMILES string of the molecule is C[C@@H](CCc1ccco1)NC(=O)Cn1ccc(=O)[nH]c1=O. The van der Waals surface area contributed by atoms with Crippen LogP contribution in [0.15, 0.2) is 44.7 Å². The Bertz CT molecular complexity index is 700. The number of H-pyrrole nitrogens is 1. The molecule has 0 aromatic carbocycles. The van der Waals surface area contributed by atoms with Crippen LogP contribution in [0.2, 0.25) is 0 Å². The lowest BCUT2D eigenvalue weighted by molar-refractivity contribution is -0.122. The molecule has 0 unspecified atom stereocenters. The fourth-order valence-corrected chi connectivity index (χ4v) is 1.93. The normalized spacial score (nSPS) is 12.0. The molecule has 7 nitrogen and oxygen atoms in total. The molecule has 1 atom stereocenters. The van der Waals surface area contributed by atoms with Crippen molar-refractivity contribution in [1.29, 1.82) is 0 Å². The summed E-state index contributed by atoms with van der Waals surface area (Å²) in [7, 11) is 0. The molecule has 0 saturated heterocycles. The molecule has 0 fully saturated rings. The summed E-state index contributed by atoms with van der Waals surface area (Å²) in [6, 6.07) is 4.87. The van der Waals surface area contributed by atoms with E-state index >= 15 is 0 Å². The van der Waals surface area contributed by atoms with Crippen LogP contribution in [0, 0.1) is 0 Å². The van der Waals surface area contributed by atoms with Crippen molar-refractivity contribution in [2.75, 3.05) is 0 Å². The summed E-state index contributed by atoms with van der Waals surface area (Å²) >= 11 is 0. The number of hydrogen-bond donors (Lipinski definition) is 2. The number of carbonyl (C=O) groups is 1. The second kappa shape index (κ2) is 6.74. The Morgan fingerprint density at radius 2 is 2.24 bits per heavy atom. The summed E-state index contributed by atoms with van der Waals surface area (Å²) < 4.78 is 6.37. The predicted molar refractivity (Wildman–Crippen MR) is 76.0 cm³/mol. The molecule has 2 aromatic rings. The van der Waals surface area contributed by atoms with Crippen LogP contribution in [0.5, 0.6) is 0 Å². The Kier molecular flexibility index (Phi) is 4.76. The van der Waals surface area contributed by atoms with Crippen molar-refractivity contribution in [2.45, 2.75) is 32.4 Å². The molecule has 2 heterocycles. The average Bonchev–Trinajstić information content (AvgIpc) is 2.93. The molecule has 0 spiro atoms. The zero-order valence-electron chi connectivity index (χ0n) is 11.7. The van der Waals surface area contributed by atoms with Crippen molar-refractivity contribution in [2.24, 2.45) is 0 Å². The standard InChI is InChI=1S/C14H17N3O4/c1-10(4-5-11-3-2-8-21-11)15-13(19)9-17-7-6-12(18)16-14(17)20/h2-3,6-8,10H,4-5,9H2,1H3,(H,15,19)(H,16,18,20)/t10-/m0/s1. The molecule has 0 aliphatic rings. The van der Waals surface area contributed by atoms with E-state index in [4.69, 9.17) is 4.42 Å². The zero-order valence-corrected chi connectivity index (χ0v) is 11.7. The quantitative estimate of drug-likeness (QED) is 0.798. The van der Waals surface area contributed by atoms with E-state index in [2.05, 4.69) is 10.3 Å². The topological polar surface area (TPSA) is 97.1 Å². The molecule has 0 aliphatic carbocycles. The number of rotatable bonds is 6. The van der Waals surface area contributed by atoms with E-state index in [1.807, 2.05) is 19.1 Å². The first-order valence-corrected chi connectivity index (χ1v) is 6.66. The van der Waals surface area contributed by atoms with Crippen LogP contribution in [0.1, 0.15) is 19.1 Å². The Hall–Kier alpha value is -2.57. The summed E-state index contributed by atoms with van der Waals surface area (Å²) in [5.41, 5.74) is -1.08. The molecule has 7 heteroatoms. The summed E-state index contributed by atoms with van der Waals surface area (Å²) in [5.74, 6) is 0.587. The van der Waals surface area contributed by atoms with Gasteiger partial charge in [0.15, 0.2) is 0 Å². The smallest absolute Gasteiger partial charge is 0.328 e. The van der Waals surface area contributed by atoms with Gasteiger partial charge in [-0.25, -0.2) is 4.79 Å². The van der Waals surface area contributed by atoms with Crippen molar-refractivity contribution >= 4 is 5.91 Å². The van der Waals surface area contributed by atoms with Crippen LogP contribution in [0.25, 0.3) is 0 Å². The van der Waals surface area contributed by atoms with Crippen molar-refractivity contribution in [3.8, 4) is 0 Å². The molecular formula is C14H17N3O4. The van der Waals surface area contributed by atoms with Crippen LogP contribution in [-0.4, -0.2) is 21.5 Å². The Labute approximate surface area is 120 Å². The lowest BCUT2D eigenvalue weighted by Crippen LogP contribution is -2.39. The van der Waals surface area contributed by atoms with Crippen LogP contribution < -0.4 is 16.6 Å². The molecule has 0 radical (unpaired) electrons. The summed E-state index contributed by atoms with van der Waals surface area (Å²) in [4.78, 5) is 36.3. The second-order valence-electron chi connectivity index (χ2n) is 4.82. The molecule has 21 heavy (non-hydrogen) atoms. The molecule has 2 N–H and O–H groups in total. The van der Waals surface area contributed by atoms with E-state index in [1.165, 1.54) is 12.3 Å². The summed E-state index contributed by atoms with van der Waals surface area (Å²) in [6.45, 7) is 1.76. The van der Waals surface area contributed by atoms with Gasteiger partial charge in [0, 0.05) is 24.7 Å². The first kappa shape index (κ1) is 14.8. The highest BCUT2D eigenvalue weighted by Gasteiger charge is 2.09. The maximum atomic E-state index is 11.8. The predicted octanol–water partition coefficient (Wildman–Crippen LogP) is 0.267. The number of aryl methyl sites for hydroxylation is 1. The molecule has 2 rings (SSSR count). The maximum absolute atomic E-state index is 11.8. The second-order valence-corrected chi connectivity index (χ2v) is 4.82. The minimum atomic E-state index is -0.596. The minimum Gasteiger partial charge on any atom is -0.469 e. The third-order valence-corrected chi connectivity index (χ3v) is 3.02. The van der Waals surface area contributed by atoms with Gasteiger partial charge in [-0.1, -0.05) is 0 Å². The third kappa shape index (κ3) is 4.48. The lowest BCUT2D eigenvalue weighted by atomic mass is 10.1. The highest BCUT2D eigenvalue weighted by Crippen LogP contribution is 2.05. The molecule has 0 aliphatic heterocycles. The Balaban J connectivity index is 1.83. The van der Waals surface area contributed by atoms with Crippen LogP contribution in [0.3, 0.4) is 0 Å². The van der Waals surface area contributed by atoms with E-state index < -0.39 is 11.2 Å². The van der Waals surface area contributed by atoms with Gasteiger partial charge in [0.2, 0.25) is 5.91 Å². The monoisotopic (exact) mass is 291 g/mol. The van der Waals surface area contributed by atoms with E-state index in [9.17, 15) is 14.4 Å². The average molecular weight is 291 g/mol. The van der Waals surface area contributed by atoms with Gasteiger partial charge < -0.3 is 9.73 Å². The first-order valence-electron chi connectivity index (χ1n) is 6.66. The van der Waals surface area contributed by atoms with E-state index in [0.29, 0.717) is 0 Å². The molecular weight excluding hydrogens is 274 g/mol. The molecule has 2 aromatic heterocycles. The number of nitrogens with one attached hydrogen (secondary N) is 2. The van der Waals surface area contributed by atoms with E-state index in [1.54, 1.807) is 6.26 Å². The number of amides is 1. The van der Waals surface area contributed by atoms with Gasteiger partial charge in [0.25, 0.3) is 5.56 Å². The molecule has 112 valence electrons. The van der Waals surface area contributed by atoms with Crippen molar-refractivity contribution in [3.05, 3.63) is 57.3 Å². The lowest BCUT2D eigenvalue weighted by Gasteiger charge is -2.13. The van der Waals surface area contributed by atoms with Gasteiger partial charge >= 0.3 is 5.69 Å². The van der Waals surface area contributed by atoms with Gasteiger partial charge in [0.05, 0.1) is 6.26 Å². The Morgan fingerprint density at radius 1 is 1.43 bits per heavy atom. The number of carbonyl (C=O) groups excluding carboxylic acids is 1. The zero-order chi connectivity index (χ0) is 15.2. The molecule has 0 saturated carbocycles. The highest BCUT2D eigenvalue weighted by atomic mass is 16.3. The Morgan fingerprint density at radius 3 is 2.90 bits per heavy atom. The first-order chi connectivity index (χ1) is 10.0. The molecule has 0 bridgehead atoms. The largest absolute Gasteiger partial charge is 0.469 e. The number of hydrogen-bond acceptors (Lipinski definition) is 4. The number of aromatic amines is 1. The van der Waals surface area contributed by atoms with Crippen molar-refractivity contribution < 1.29 is 9.21 Å². The van der Waals surface area contributed by atoms with Crippen LogP contribution >= 0.6 is 0 Å². The summed E-state index contributed by atoms with van der Waals surface area (Å²) in [6.07, 6.45) is 4.38. The van der Waals surface area contributed by atoms with Gasteiger partial charge in [-0.2, -0.15) is 0 Å². The fourth-order valence-electron chi connectivity index (χ4n) is 1.93. The van der Waals surface area contributed by atoms with Gasteiger partial charge in [-0.3, -0.25) is 19.1 Å². The van der Waals surface area contributed by atoms with E-state index in [-0.39, 0.29) is 18.5 Å². The van der Waals surface area contributed by atoms with Gasteiger partial charge in [-0.15, -0.1) is 0 Å². The number of furan rings is 1. The number of nitrogens with zero attached hydrogens (tertiary/aromatic N) is 1. The van der Waals surface area contributed by atoms with Gasteiger partial charge in [-0.05, 0) is 25.5 Å². The molecule has 1 amide bonds. The van der Waals surface area contributed by atoms with Gasteiger partial charge in [0.1, 0.15) is 12.3 Å². The maximum Gasteiger partial charge on any atom is 0.328 e. The van der Waals surface area contributed by atoms with Crippen LogP contribution in [-0.2, 0) is 17.8 Å². The third-order valence-electron chi connectivity index (χ3n) is 3.02. The number of aromatic nitrogens is 2.